The van der Waals surface area contributed by atoms with Crippen LogP contribution >= 0.6 is 0 Å². The first-order valence-corrected chi connectivity index (χ1v) is 5.59. The van der Waals surface area contributed by atoms with Gasteiger partial charge in [-0.05, 0) is 20.3 Å². The van der Waals surface area contributed by atoms with Gasteiger partial charge in [-0.3, -0.25) is 0 Å². The Bertz CT molecular complexity index is 384. The summed E-state index contributed by atoms with van der Waals surface area (Å²) in [5, 5.41) is 0. The molecule has 0 amide bonds. The third kappa shape index (κ3) is 2.23. The molecule has 1 aromatic rings. The van der Waals surface area contributed by atoms with Crippen LogP contribution in [-0.4, -0.2) is 13.1 Å². The highest BCUT2D eigenvalue weighted by Gasteiger charge is 2.26. The first kappa shape index (κ1) is 13.8. The number of hydrogen-bond donors (Lipinski definition) is 0. The third-order valence-electron chi connectivity index (χ3n) is 2.76. The van der Waals surface area contributed by atoms with Crippen molar-refractivity contribution in [1.82, 2.24) is 0 Å². The van der Waals surface area contributed by atoms with Crippen LogP contribution in [0.3, 0.4) is 0 Å². The fourth-order valence-corrected chi connectivity index (χ4v) is 1.79. The van der Waals surface area contributed by atoms with Crippen molar-refractivity contribution in [3.63, 3.8) is 0 Å². The maximum Gasteiger partial charge on any atom is 0.185 e. The minimum atomic E-state index is -1.32. The Kier molecular flexibility index (Phi) is 4.37. The fraction of sp³-hybridized carbons (Fsp3) is 0.500. The van der Waals surface area contributed by atoms with E-state index in [1.54, 1.807) is 13.8 Å². The van der Waals surface area contributed by atoms with Gasteiger partial charge in [-0.25, -0.2) is 17.6 Å². The maximum atomic E-state index is 13.7. The average Bonchev–Trinajstić information content (AvgIpc) is 2.33. The highest BCUT2D eigenvalue weighted by atomic mass is 19.2. The number of halogens is 4. The van der Waals surface area contributed by atoms with Gasteiger partial charge >= 0.3 is 0 Å². The zero-order valence-corrected chi connectivity index (χ0v) is 10.1. The zero-order valence-electron chi connectivity index (χ0n) is 10.1. The molecule has 0 unspecified atom stereocenters. The molecule has 0 bridgehead atoms. The molecular weight excluding hydrogens is 234 g/mol. The van der Waals surface area contributed by atoms with Crippen LogP contribution in [0.4, 0.5) is 23.2 Å². The first-order chi connectivity index (χ1) is 7.99. The Hall–Kier alpha value is -1.26. The average molecular weight is 249 g/mol. The molecule has 5 heteroatoms. The lowest BCUT2D eigenvalue weighted by Gasteiger charge is -2.23. The van der Waals surface area contributed by atoms with Gasteiger partial charge in [-0.1, -0.05) is 6.92 Å². The quantitative estimate of drug-likeness (QED) is 0.581. The van der Waals surface area contributed by atoms with Crippen molar-refractivity contribution >= 4 is 5.69 Å². The van der Waals surface area contributed by atoms with Gasteiger partial charge < -0.3 is 4.90 Å². The third-order valence-corrected chi connectivity index (χ3v) is 2.76. The second kappa shape index (κ2) is 5.38. The molecule has 0 heterocycles. The Morgan fingerprint density at radius 2 is 1.18 bits per heavy atom. The van der Waals surface area contributed by atoms with E-state index >= 15 is 0 Å². The Morgan fingerprint density at radius 3 is 1.47 bits per heavy atom. The van der Waals surface area contributed by atoms with Crippen molar-refractivity contribution in [3.05, 3.63) is 28.8 Å². The summed E-state index contributed by atoms with van der Waals surface area (Å²) in [5.74, 6) is -5.23. The zero-order chi connectivity index (χ0) is 13.2. The van der Waals surface area contributed by atoms with E-state index in [-0.39, 0.29) is 19.5 Å². The van der Waals surface area contributed by atoms with Crippen LogP contribution < -0.4 is 4.90 Å². The van der Waals surface area contributed by atoms with E-state index < -0.39 is 34.5 Å². The summed E-state index contributed by atoms with van der Waals surface area (Å²) in [5.41, 5.74) is -1.17. The number of benzene rings is 1. The molecule has 0 aliphatic heterocycles. The van der Waals surface area contributed by atoms with Gasteiger partial charge in [0.25, 0.3) is 0 Å². The molecule has 1 aromatic carbocycles. The molecule has 0 atom stereocenters. The van der Waals surface area contributed by atoms with Gasteiger partial charge in [0.05, 0.1) is 0 Å². The largest absolute Gasteiger partial charge is 0.367 e. The molecule has 0 saturated carbocycles. The lowest BCUT2D eigenvalue weighted by molar-refractivity contribution is 0.439. The lowest BCUT2D eigenvalue weighted by Crippen LogP contribution is -2.26. The standard InChI is InChI=1S/C12H15F4N/c1-4-7-8(13)10(15)12(11(16)9(7)14)17(5-2)6-3/h4-6H2,1-3H3. The van der Waals surface area contributed by atoms with Gasteiger partial charge in [-0.2, -0.15) is 0 Å². The van der Waals surface area contributed by atoms with E-state index in [1.165, 1.54) is 11.8 Å². The monoisotopic (exact) mass is 249 g/mol. The van der Waals surface area contributed by atoms with Gasteiger partial charge in [-0.15, -0.1) is 0 Å². The van der Waals surface area contributed by atoms with Crippen molar-refractivity contribution in [3.8, 4) is 0 Å². The summed E-state index contributed by atoms with van der Waals surface area (Å²) in [6.45, 7) is 5.30. The molecule has 0 fully saturated rings. The summed E-state index contributed by atoms with van der Waals surface area (Å²) in [7, 11) is 0. The predicted octanol–water partition coefficient (Wildman–Crippen LogP) is 3.65. The van der Waals surface area contributed by atoms with E-state index in [0.717, 1.165) is 0 Å². The Labute approximate surface area is 98.0 Å². The van der Waals surface area contributed by atoms with Gasteiger partial charge in [0, 0.05) is 18.7 Å². The van der Waals surface area contributed by atoms with E-state index in [0.29, 0.717) is 0 Å². The second-order valence-electron chi connectivity index (χ2n) is 3.61. The molecule has 17 heavy (non-hydrogen) atoms. The minimum absolute atomic E-state index is 0.0932. The van der Waals surface area contributed by atoms with Crippen LogP contribution in [0, 0.1) is 23.3 Å². The molecule has 0 radical (unpaired) electrons. The van der Waals surface area contributed by atoms with Crippen molar-refractivity contribution in [1.29, 1.82) is 0 Å². The van der Waals surface area contributed by atoms with Crippen molar-refractivity contribution in [2.75, 3.05) is 18.0 Å². The highest BCUT2D eigenvalue weighted by molar-refractivity contribution is 5.52. The van der Waals surface area contributed by atoms with E-state index in [4.69, 9.17) is 0 Å². The summed E-state index contributed by atoms with van der Waals surface area (Å²) in [6.07, 6.45) is -0.0932. The molecule has 1 nitrogen and oxygen atoms in total. The fourth-order valence-electron chi connectivity index (χ4n) is 1.79. The summed E-state index contributed by atoms with van der Waals surface area (Å²) in [6, 6.07) is 0. The Balaban J connectivity index is 3.52. The van der Waals surface area contributed by atoms with Crippen LogP contribution in [-0.2, 0) is 6.42 Å². The summed E-state index contributed by atoms with van der Waals surface area (Å²) in [4.78, 5) is 1.25. The van der Waals surface area contributed by atoms with Crippen LogP contribution in [0.15, 0.2) is 0 Å². The second-order valence-corrected chi connectivity index (χ2v) is 3.61. The normalized spacial score (nSPS) is 10.8. The van der Waals surface area contributed by atoms with Crippen molar-refractivity contribution in [2.24, 2.45) is 0 Å². The van der Waals surface area contributed by atoms with Crippen LogP contribution in [0.5, 0.6) is 0 Å². The smallest absolute Gasteiger partial charge is 0.185 e. The first-order valence-electron chi connectivity index (χ1n) is 5.59. The van der Waals surface area contributed by atoms with Gasteiger partial charge in [0.2, 0.25) is 0 Å². The molecule has 96 valence electrons. The van der Waals surface area contributed by atoms with Crippen LogP contribution in [0.1, 0.15) is 26.3 Å². The minimum Gasteiger partial charge on any atom is -0.367 e. The molecule has 0 aromatic heterocycles. The SMILES string of the molecule is CCc1c(F)c(F)c(N(CC)CC)c(F)c1F. The predicted molar refractivity (Wildman–Crippen MR) is 59.2 cm³/mol. The lowest BCUT2D eigenvalue weighted by atomic mass is 10.1. The molecule has 1 rings (SSSR count). The summed E-state index contributed by atoms with van der Waals surface area (Å²) >= 11 is 0. The van der Waals surface area contributed by atoms with Crippen LogP contribution in [0.25, 0.3) is 0 Å². The number of nitrogens with zero attached hydrogens (tertiary/aromatic N) is 1. The molecule has 0 spiro atoms. The number of anilines is 1. The van der Waals surface area contributed by atoms with E-state index in [2.05, 4.69) is 0 Å². The Morgan fingerprint density at radius 1 is 0.765 bits per heavy atom. The molecule has 0 saturated heterocycles. The van der Waals surface area contributed by atoms with E-state index in [9.17, 15) is 17.6 Å². The van der Waals surface area contributed by atoms with Crippen molar-refractivity contribution in [2.45, 2.75) is 27.2 Å². The molecule has 0 aliphatic carbocycles. The van der Waals surface area contributed by atoms with Gasteiger partial charge in [0.1, 0.15) is 5.69 Å². The molecule has 0 N–H and O–H groups in total. The number of rotatable bonds is 4. The highest BCUT2D eigenvalue weighted by Crippen LogP contribution is 2.31. The van der Waals surface area contributed by atoms with Crippen LogP contribution in [0.2, 0.25) is 0 Å². The van der Waals surface area contributed by atoms with E-state index in [1.807, 2.05) is 0 Å². The van der Waals surface area contributed by atoms with Crippen molar-refractivity contribution < 1.29 is 17.6 Å². The topological polar surface area (TPSA) is 3.24 Å². The summed E-state index contributed by atoms with van der Waals surface area (Å²) < 4.78 is 54.4. The molecular formula is C12H15F4N. The molecule has 0 aliphatic rings. The van der Waals surface area contributed by atoms with Gasteiger partial charge in [0.15, 0.2) is 23.3 Å². The number of hydrogen-bond acceptors (Lipinski definition) is 1. The maximum absolute atomic E-state index is 13.7.